The molecule has 0 radical (unpaired) electrons. The van der Waals surface area contributed by atoms with Crippen molar-refractivity contribution < 1.29 is 24.5 Å². The number of alkyl halides is 3. The minimum absolute atomic E-state index is 0.0468. The molecule has 220 valence electrons. The van der Waals surface area contributed by atoms with Crippen LogP contribution in [0.1, 0.15) is 54.6 Å². The third kappa shape index (κ3) is 8.00. The fourth-order valence-electron chi connectivity index (χ4n) is 4.91. The smallest absolute Gasteiger partial charge is 0.276 e. The zero-order valence-electron chi connectivity index (χ0n) is 23.1. The van der Waals surface area contributed by atoms with Crippen molar-refractivity contribution in [2.75, 3.05) is 18.9 Å². The number of aliphatic hydroxyl groups is 2. The van der Waals surface area contributed by atoms with Crippen LogP contribution in [0.15, 0.2) is 78.9 Å². The molecule has 3 N–H and O–H groups in total. The molecule has 6 atom stereocenters. The largest absolute Gasteiger partial charge is 0.392 e. The van der Waals surface area contributed by atoms with E-state index in [4.69, 9.17) is 44.3 Å². The molecule has 1 aliphatic heterocycles. The lowest BCUT2D eigenvalue weighted by molar-refractivity contribution is -0.276. The van der Waals surface area contributed by atoms with Crippen LogP contribution in [-0.4, -0.2) is 50.6 Å². The van der Waals surface area contributed by atoms with Crippen LogP contribution in [-0.2, 0) is 20.9 Å². The number of benzene rings is 3. The highest BCUT2D eigenvalue weighted by Gasteiger charge is 2.40. The normalized spacial score (nSPS) is 22.8. The van der Waals surface area contributed by atoms with Crippen LogP contribution in [0.25, 0.3) is 0 Å². The van der Waals surface area contributed by atoms with Crippen LogP contribution in [0, 0.1) is 5.92 Å². The molecule has 0 saturated carbocycles. The average Bonchev–Trinajstić information content (AvgIpc) is 2.97. The van der Waals surface area contributed by atoms with Gasteiger partial charge in [0.05, 0.1) is 24.9 Å². The van der Waals surface area contributed by atoms with Gasteiger partial charge in [-0.05, 0) is 42.8 Å². The fourth-order valence-corrected chi connectivity index (χ4v) is 5.05. The molecule has 7 nitrogen and oxygen atoms in total. The van der Waals surface area contributed by atoms with E-state index in [0.29, 0.717) is 17.8 Å². The van der Waals surface area contributed by atoms with E-state index in [2.05, 4.69) is 17.1 Å². The highest BCUT2D eigenvalue weighted by molar-refractivity contribution is 6.76. The second-order valence-electron chi connectivity index (χ2n) is 10.4. The van der Waals surface area contributed by atoms with Crippen molar-refractivity contribution in [3.05, 3.63) is 101 Å². The van der Waals surface area contributed by atoms with Gasteiger partial charge in [0, 0.05) is 29.8 Å². The van der Waals surface area contributed by atoms with Gasteiger partial charge in [0.2, 0.25) is 0 Å². The summed E-state index contributed by atoms with van der Waals surface area (Å²) >= 11 is 17.2. The van der Waals surface area contributed by atoms with Crippen molar-refractivity contribution in [1.82, 2.24) is 4.90 Å². The van der Waals surface area contributed by atoms with E-state index < -0.39 is 22.1 Å². The lowest BCUT2D eigenvalue weighted by Crippen LogP contribution is -2.46. The lowest BCUT2D eigenvalue weighted by atomic mass is 9.89. The van der Waals surface area contributed by atoms with Crippen molar-refractivity contribution in [2.24, 2.45) is 5.92 Å². The van der Waals surface area contributed by atoms with E-state index in [0.717, 1.165) is 16.7 Å². The average molecular weight is 622 g/mol. The van der Waals surface area contributed by atoms with E-state index in [1.165, 1.54) is 0 Å². The van der Waals surface area contributed by atoms with Gasteiger partial charge in [-0.15, -0.1) is 0 Å². The molecular weight excluding hydrogens is 587 g/mol. The Morgan fingerprint density at radius 1 is 1.00 bits per heavy atom. The Bertz CT molecular complexity index is 1290. The van der Waals surface area contributed by atoms with Crippen molar-refractivity contribution in [1.29, 1.82) is 0 Å². The monoisotopic (exact) mass is 620 g/mol. The van der Waals surface area contributed by atoms with Gasteiger partial charge in [-0.1, -0.05) is 108 Å². The number of carbonyl (C=O) groups excluding carboxylic acids is 1. The highest BCUT2D eigenvalue weighted by atomic mass is 35.6. The zero-order chi connectivity index (χ0) is 29.7. The summed E-state index contributed by atoms with van der Waals surface area (Å²) in [6.45, 7) is 4.55. The van der Waals surface area contributed by atoms with Gasteiger partial charge >= 0.3 is 0 Å². The van der Waals surface area contributed by atoms with Gasteiger partial charge in [-0.25, -0.2) is 0 Å². The molecule has 6 unspecified atom stereocenters. The number of amides is 1. The van der Waals surface area contributed by atoms with Crippen LogP contribution in [0.2, 0.25) is 0 Å². The number of hydrogen-bond donors (Lipinski definition) is 3. The number of nitrogens with zero attached hydrogens (tertiary/aromatic N) is 1. The molecule has 10 heteroatoms. The molecule has 1 saturated heterocycles. The van der Waals surface area contributed by atoms with Crippen molar-refractivity contribution in [3.63, 3.8) is 0 Å². The maximum Gasteiger partial charge on any atom is 0.276 e. The number of likely N-dealkylation sites (N-methyl/N-ethyl adjacent to an activating group) is 1. The summed E-state index contributed by atoms with van der Waals surface area (Å²) in [6, 6.07) is 24.1. The van der Waals surface area contributed by atoms with Gasteiger partial charge in [-0.2, -0.15) is 0 Å². The van der Waals surface area contributed by atoms with Crippen LogP contribution in [0.5, 0.6) is 0 Å². The number of nitrogens with one attached hydrogen (secondary N) is 1. The maximum atomic E-state index is 12.2. The third-order valence-corrected chi connectivity index (χ3v) is 8.07. The van der Waals surface area contributed by atoms with Gasteiger partial charge in [0.1, 0.15) is 0 Å². The number of rotatable bonds is 9. The summed E-state index contributed by atoms with van der Waals surface area (Å²) in [5.74, 6) is -0.826. The van der Waals surface area contributed by atoms with Crippen LogP contribution < -0.4 is 5.32 Å². The van der Waals surface area contributed by atoms with Gasteiger partial charge in [0.15, 0.2) is 6.29 Å². The van der Waals surface area contributed by atoms with Crippen molar-refractivity contribution >= 4 is 46.4 Å². The molecule has 0 spiro atoms. The molecule has 4 rings (SSSR count). The van der Waals surface area contributed by atoms with Crippen LogP contribution in [0.3, 0.4) is 0 Å². The molecule has 1 fully saturated rings. The molecule has 0 aromatic heterocycles. The Kier molecular flexibility index (Phi) is 10.7. The molecule has 41 heavy (non-hydrogen) atoms. The first-order chi connectivity index (χ1) is 19.5. The van der Waals surface area contributed by atoms with Crippen molar-refractivity contribution in [3.8, 4) is 0 Å². The summed E-state index contributed by atoms with van der Waals surface area (Å²) in [5.41, 5.74) is 3.72. The first-order valence-electron chi connectivity index (χ1n) is 13.4. The van der Waals surface area contributed by atoms with Crippen LogP contribution >= 0.6 is 34.8 Å². The first-order valence-corrected chi connectivity index (χ1v) is 14.5. The lowest BCUT2D eigenvalue weighted by Gasteiger charge is -2.43. The molecule has 1 aliphatic rings. The number of ether oxygens (including phenoxy) is 2. The second kappa shape index (κ2) is 13.8. The number of hydrogen-bond acceptors (Lipinski definition) is 6. The Labute approximate surface area is 255 Å². The summed E-state index contributed by atoms with van der Waals surface area (Å²) < 4.78 is 11.0. The number of aliphatic hydroxyl groups excluding tert-OH is 2. The summed E-state index contributed by atoms with van der Waals surface area (Å²) in [4.78, 5) is 14.3. The second-order valence-corrected chi connectivity index (χ2v) is 12.7. The highest BCUT2D eigenvalue weighted by Crippen LogP contribution is 2.42. The summed E-state index contributed by atoms with van der Waals surface area (Å²) in [5, 5.41) is 23.1. The van der Waals surface area contributed by atoms with E-state index in [9.17, 15) is 15.0 Å². The quantitative estimate of drug-likeness (QED) is 0.242. The van der Waals surface area contributed by atoms with Gasteiger partial charge < -0.3 is 25.0 Å². The minimum Gasteiger partial charge on any atom is -0.392 e. The number of halogens is 3. The first kappa shape index (κ1) is 31.7. The van der Waals surface area contributed by atoms with Crippen molar-refractivity contribution in [2.45, 2.75) is 54.9 Å². The SMILES string of the molecule is CC1C(CN(C)C(C)C(O)c2ccccc2)OC(c2cccc(NC(=O)C(Cl)(Cl)Cl)c2)OC1c1ccc(CO)cc1. The minimum atomic E-state index is -2.11. The Morgan fingerprint density at radius 3 is 2.32 bits per heavy atom. The Hall–Kier alpha value is -2.20. The molecule has 1 heterocycles. The molecule has 3 aromatic carbocycles. The molecule has 1 amide bonds. The molecular formula is C31H35Cl3N2O5. The predicted molar refractivity (Wildman–Crippen MR) is 162 cm³/mol. The van der Waals surface area contributed by atoms with E-state index in [-0.39, 0.29) is 30.8 Å². The number of anilines is 1. The zero-order valence-corrected chi connectivity index (χ0v) is 25.4. The van der Waals surface area contributed by atoms with E-state index in [1.54, 1.807) is 18.2 Å². The fraction of sp³-hybridized carbons (Fsp3) is 0.387. The van der Waals surface area contributed by atoms with Gasteiger partial charge in [-0.3, -0.25) is 9.69 Å². The molecule has 0 aliphatic carbocycles. The van der Waals surface area contributed by atoms with E-state index >= 15 is 0 Å². The maximum absolute atomic E-state index is 12.2. The third-order valence-electron chi connectivity index (χ3n) is 7.56. The predicted octanol–water partition coefficient (Wildman–Crippen LogP) is 6.33. The number of carbonyl (C=O) groups is 1. The van der Waals surface area contributed by atoms with E-state index in [1.807, 2.05) is 74.6 Å². The van der Waals surface area contributed by atoms with Gasteiger partial charge in [0.25, 0.3) is 9.70 Å². The summed E-state index contributed by atoms with van der Waals surface area (Å²) in [6.07, 6.45) is -2.03. The Balaban J connectivity index is 1.59. The Morgan fingerprint density at radius 2 is 1.68 bits per heavy atom. The summed E-state index contributed by atoms with van der Waals surface area (Å²) in [7, 11) is 1.97. The molecule has 3 aromatic rings. The topological polar surface area (TPSA) is 91.3 Å². The van der Waals surface area contributed by atoms with Crippen LogP contribution in [0.4, 0.5) is 5.69 Å². The molecule has 0 bridgehead atoms. The standard InChI is InChI=1S/C31H35Cl3N2O5/c1-19-26(17-36(3)20(2)27(38)22-8-5-4-6-9-22)40-29(41-28(19)23-14-12-21(18-37)13-15-23)24-10-7-11-25(16-24)35-30(39)31(32,33)34/h4-16,19-20,26-29,37-38H,17-18H2,1-3H3,(H,35,39).